The molecular formula is C21H18ClN7O6S4. The molecule has 1 aliphatic carbocycles. The summed E-state index contributed by atoms with van der Waals surface area (Å²) in [6.45, 7) is 0. The van der Waals surface area contributed by atoms with Crippen LogP contribution in [0.25, 0.3) is 0 Å². The number of halogens is 1. The lowest BCUT2D eigenvalue weighted by molar-refractivity contribution is -0.150. The van der Waals surface area contributed by atoms with Crippen LogP contribution in [0.4, 0.5) is 5.13 Å². The summed E-state index contributed by atoms with van der Waals surface area (Å²) < 4.78 is 0.773. The van der Waals surface area contributed by atoms with Gasteiger partial charge in [0.2, 0.25) is 6.41 Å². The number of carboxylic acids is 1. The summed E-state index contributed by atoms with van der Waals surface area (Å²) in [5.41, 5.74) is 1.77. The van der Waals surface area contributed by atoms with E-state index < -0.39 is 29.2 Å². The third-order valence-corrected chi connectivity index (χ3v) is 10.2. The summed E-state index contributed by atoms with van der Waals surface area (Å²) in [7, 11) is 0. The van der Waals surface area contributed by atoms with Gasteiger partial charge >= 0.3 is 5.97 Å². The molecule has 18 heteroatoms. The Morgan fingerprint density at radius 2 is 2.26 bits per heavy atom. The van der Waals surface area contributed by atoms with Crippen molar-refractivity contribution in [1.29, 1.82) is 0 Å². The van der Waals surface area contributed by atoms with Crippen molar-refractivity contribution in [1.82, 2.24) is 25.4 Å². The molecule has 3 amide bonds. The molecule has 0 bridgehead atoms. The Balaban J connectivity index is 1.34. The molecule has 2 unspecified atom stereocenters. The molecule has 2 aromatic rings. The summed E-state index contributed by atoms with van der Waals surface area (Å²) in [6, 6.07) is -1.00. The molecule has 39 heavy (non-hydrogen) atoms. The first-order valence-corrected chi connectivity index (χ1v) is 15.4. The number of hydrogen-bond donors (Lipinski definition) is 3. The number of amides is 3. The Morgan fingerprint density at radius 1 is 1.41 bits per heavy atom. The number of hydrogen-bond acceptors (Lipinski definition) is 13. The number of nitrogens with zero attached hydrogens (tertiary/aromatic N) is 5. The van der Waals surface area contributed by atoms with Crippen LogP contribution in [-0.2, 0) is 24.0 Å². The van der Waals surface area contributed by atoms with Gasteiger partial charge in [-0.1, -0.05) is 57.3 Å². The van der Waals surface area contributed by atoms with E-state index in [1.807, 2.05) is 12.2 Å². The molecule has 0 saturated carbocycles. The second kappa shape index (κ2) is 12.0. The Bertz CT molecular complexity index is 1390. The zero-order valence-corrected chi connectivity index (χ0v) is 23.6. The maximum atomic E-state index is 13.4. The maximum Gasteiger partial charge on any atom is 0.352 e. The maximum absolute atomic E-state index is 13.4. The van der Waals surface area contributed by atoms with Crippen LogP contribution in [0, 0.1) is 0 Å². The van der Waals surface area contributed by atoms with E-state index in [0.29, 0.717) is 34.2 Å². The summed E-state index contributed by atoms with van der Waals surface area (Å²) >= 11 is 11.2. The van der Waals surface area contributed by atoms with Crippen LogP contribution in [0.2, 0.25) is 4.34 Å². The van der Waals surface area contributed by atoms with E-state index in [1.165, 1.54) is 39.8 Å². The van der Waals surface area contributed by atoms with E-state index in [4.69, 9.17) is 16.4 Å². The molecule has 204 valence electrons. The monoisotopic (exact) mass is 627 g/mol. The van der Waals surface area contributed by atoms with Crippen molar-refractivity contribution in [3.63, 3.8) is 0 Å². The lowest BCUT2D eigenvalue weighted by Crippen LogP contribution is -2.71. The molecule has 1 fully saturated rings. The molecule has 3 N–H and O–H groups in total. The first-order chi connectivity index (χ1) is 18.9. The number of nitrogens with one attached hydrogen (secondary N) is 2. The zero-order chi connectivity index (χ0) is 27.5. The molecule has 1 saturated heterocycles. The first kappa shape index (κ1) is 27.6. The zero-order valence-electron chi connectivity index (χ0n) is 19.6. The van der Waals surface area contributed by atoms with Crippen LogP contribution < -0.4 is 10.6 Å². The predicted molar refractivity (Wildman–Crippen MR) is 147 cm³/mol. The van der Waals surface area contributed by atoms with Crippen LogP contribution >= 0.6 is 57.8 Å². The quantitative estimate of drug-likeness (QED) is 0.0831. The van der Waals surface area contributed by atoms with Crippen LogP contribution in [0.15, 0.2) is 38.4 Å². The number of oxime groups is 1. The second-order valence-corrected chi connectivity index (χ2v) is 12.9. The van der Waals surface area contributed by atoms with Crippen LogP contribution in [0.5, 0.6) is 0 Å². The fourth-order valence-corrected chi connectivity index (χ4v) is 7.92. The smallest absolute Gasteiger partial charge is 0.352 e. The van der Waals surface area contributed by atoms with Gasteiger partial charge in [-0.3, -0.25) is 19.3 Å². The molecule has 5 rings (SSSR count). The number of thiazole rings is 1. The number of thioether (sulfide) groups is 2. The first-order valence-electron chi connectivity index (χ1n) is 11.2. The third kappa shape index (κ3) is 5.81. The van der Waals surface area contributed by atoms with Gasteiger partial charge in [0.15, 0.2) is 15.2 Å². The molecule has 3 atom stereocenters. The van der Waals surface area contributed by atoms with Crippen LogP contribution in [0.3, 0.4) is 0 Å². The molecule has 13 nitrogen and oxygen atoms in total. The standard InChI is InChI=1S/C21H18ClN7O6S4/c22-15-11(26-20(39-15)23-7-30)12(28-35-10-3-1-2-4-10)16(31)25-13-17(32)29-14(19(33)34)9(5-36-18(13)29)6-37-21-27-24-8-38-21/h1,3,7-8,10,13,18H,2,4-6H2,(H,25,31)(H,33,34)(H,23,26,30)/b28-12+/t10?,13?,18-/m1/s1. The molecule has 4 heterocycles. The van der Waals surface area contributed by atoms with Crippen LogP contribution in [-0.4, -0.2) is 84.1 Å². The number of carbonyl (C=O) groups excluding carboxylic acids is 3. The number of anilines is 1. The summed E-state index contributed by atoms with van der Waals surface area (Å²) in [6.07, 6.45) is 5.31. The lowest BCUT2D eigenvalue weighted by Gasteiger charge is -2.49. The number of fused-ring (bicyclic) bond motifs is 1. The number of aromatic nitrogens is 3. The normalized spacial score (nSPS) is 22.4. The SMILES string of the molecule is O=CNc1nc(/C(=N\OC2C=CCC2)C(=O)NC2C(=O)N3C(C(=O)O)=C(CSc4nncs4)CS[C@H]23)c(Cl)s1. The highest BCUT2D eigenvalue weighted by atomic mass is 35.5. The molecule has 0 radical (unpaired) electrons. The molecular weight excluding hydrogens is 610 g/mol. The van der Waals surface area contributed by atoms with Gasteiger partial charge in [-0.05, 0) is 24.5 Å². The topological polar surface area (TPSA) is 176 Å². The predicted octanol–water partition coefficient (Wildman–Crippen LogP) is 2.19. The second-order valence-electron chi connectivity index (χ2n) is 8.10. The number of aliphatic carboxylic acids is 1. The molecule has 3 aliphatic rings. The van der Waals surface area contributed by atoms with E-state index >= 15 is 0 Å². The van der Waals surface area contributed by atoms with Crippen LogP contribution in [0.1, 0.15) is 18.5 Å². The third-order valence-electron chi connectivity index (χ3n) is 5.70. The number of carboxylic acid groups (broad SMARTS) is 1. The summed E-state index contributed by atoms with van der Waals surface area (Å²) in [5.74, 6) is -1.89. The van der Waals surface area contributed by atoms with Crippen molar-refractivity contribution in [2.45, 2.75) is 34.7 Å². The van der Waals surface area contributed by atoms with Crippen molar-refractivity contribution < 1.29 is 29.1 Å². The number of β-lactam (4-membered cyclic amide) rings is 1. The molecule has 2 aliphatic heterocycles. The van der Waals surface area contributed by atoms with Gasteiger partial charge in [0, 0.05) is 11.5 Å². The van der Waals surface area contributed by atoms with E-state index in [-0.39, 0.29) is 32.7 Å². The Hall–Kier alpha value is -2.99. The summed E-state index contributed by atoms with van der Waals surface area (Å²) in [5, 5.41) is 26.1. The van der Waals surface area contributed by atoms with Crippen molar-refractivity contribution >= 4 is 92.8 Å². The van der Waals surface area contributed by atoms with Gasteiger partial charge < -0.3 is 20.6 Å². The molecule has 0 aromatic carbocycles. The van der Waals surface area contributed by atoms with Crippen molar-refractivity contribution in [2.75, 3.05) is 16.8 Å². The van der Waals surface area contributed by atoms with Crippen molar-refractivity contribution in [2.24, 2.45) is 5.16 Å². The highest BCUT2D eigenvalue weighted by Gasteiger charge is 2.54. The average molecular weight is 628 g/mol. The highest BCUT2D eigenvalue weighted by Crippen LogP contribution is 2.42. The van der Waals surface area contributed by atoms with Crippen molar-refractivity contribution in [3.8, 4) is 0 Å². The van der Waals surface area contributed by atoms with E-state index in [2.05, 4.69) is 31.0 Å². The van der Waals surface area contributed by atoms with Gasteiger partial charge in [0.1, 0.15) is 38.8 Å². The van der Waals surface area contributed by atoms with E-state index in [9.17, 15) is 24.3 Å². The Labute approximate surface area is 242 Å². The number of allylic oxidation sites excluding steroid dienone is 1. The van der Waals surface area contributed by atoms with E-state index in [1.54, 1.807) is 5.51 Å². The van der Waals surface area contributed by atoms with Gasteiger partial charge in [-0.2, -0.15) is 0 Å². The Kier molecular flexibility index (Phi) is 8.51. The van der Waals surface area contributed by atoms with Gasteiger partial charge in [-0.15, -0.1) is 22.0 Å². The van der Waals surface area contributed by atoms with E-state index in [0.717, 1.165) is 17.8 Å². The van der Waals surface area contributed by atoms with Gasteiger partial charge in [-0.25, -0.2) is 9.78 Å². The van der Waals surface area contributed by atoms with Gasteiger partial charge in [0.25, 0.3) is 11.8 Å². The fourth-order valence-electron chi connectivity index (χ4n) is 3.94. The average Bonchev–Trinajstić information content (AvgIpc) is 3.69. The number of rotatable bonds is 11. The minimum Gasteiger partial charge on any atom is -0.477 e. The largest absolute Gasteiger partial charge is 0.477 e. The Morgan fingerprint density at radius 3 is 2.95 bits per heavy atom. The minimum absolute atomic E-state index is 0.0208. The minimum atomic E-state index is -1.23. The number of carbonyl (C=O) groups is 4. The highest BCUT2D eigenvalue weighted by molar-refractivity contribution is 8.01. The van der Waals surface area contributed by atoms with Gasteiger partial charge in [0.05, 0.1) is 0 Å². The summed E-state index contributed by atoms with van der Waals surface area (Å²) in [4.78, 5) is 60.3. The lowest BCUT2D eigenvalue weighted by atomic mass is 10.0. The van der Waals surface area contributed by atoms with Crippen molar-refractivity contribution in [3.05, 3.63) is 39.0 Å². The molecule has 0 spiro atoms. The fraction of sp³-hybridized carbons (Fsp3) is 0.333. The molecule has 2 aromatic heterocycles.